The molecule has 1 amide bonds. The topological polar surface area (TPSA) is 66.4 Å². The van der Waals surface area contributed by atoms with Crippen LogP contribution in [-0.2, 0) is 17.6 Å². The van der Waals surface area contributed by atoms with Crippen molar-refractivity contribution in [3.8, 4) is 0 Å². The summed E-state index contributed by atoms with van der Waals surface area (Å²) in [6, 6.07) is 2.95. The van der Waals surface area contributed by atoms with Crippen LogP contribution in [0.25, 0.3) is 0 Å². The third kappa shape index (κ3) is 4.22. The van der Waals surface area contributed by atoms with Crippen LogP contribution in [0.3, 0.4) is 0 Å². The molecule has 0 spiro atoms. The van der Waals surface area contributed by atoms with Crippen LogP contribution in [0, 0.1) is 0 Å². The first-order valence-corrected chi connectivity index (χ1v) is 6.98. The number of aryl methyl sites for hydroxylation is 2. The summed E-state index contributed by atoms with van der Waals surface area (Å²) in [6.07, 6.45) is -2.44. The maximum atomic E-state index is 12.3. The van der Waals surface area contributed by atoms with E-state index in [9.17, 15) is 22.8 Å². The SMILES string of the molecule is O=C(N[C@H](CC(F)(F)F)C(=O)O)c1ccc2c(c1)CCCC2. The van der Waals surface area contributed by atoms with E-state index in [1.807, 2.05) is 5.32 Å². The van der Waals surface area contributed by atoms with Gasteiger partial charge in [-0.25, -0.2) is 4.79 Å². The third-order valence-corrected chi connectivity index (χ3v) is 3.65. The predicted octanol–water partition coefficient (Wildman–Crippen LogP) is 2.70. The number of benzene rings is 1. The van der Waals surface area contributed by atoms with Gasteiger partial charge in [-0.15, -0.1) is 0 Å². The predicted molar refractivity (Wildman–Crippen MR) is 72.6 cm³/mol. The lowest BCUT2D eigenvalue weighted by Crippen LogP contribution is -2.43. The summed E-state index contributed by atoms with van der Waals surface area (Å²) in [4.78, 5) is 22.9. The molecule has 4 nitrogen and oxygen atoms in total. The van der Waals surface area contributed by atoms with Crippen LogP contribution in [0.4, 0.5) is 13.2 Å². The van der Waals surface area contributed by atoms with E-state index in [-0.39, 0.29) is 5.56 Å². The molecule has 120 valence electrons. The lowest BCUT2D eigenvalue weighted by Gasteiger charge is -2.18. The van der Waals surface area contributed by atoms with Crippen LogP contribution in [0.15, 0.2) is 18.2 Å². The van der Waals surface area contributed by atoms with Gasteiger partial charge in [0, 0.05) is 5.56 Å². The van der Waals surface area contributed by atoms with Crippen LogP contribution >= 0.6 is 0 Å². The fourth-order valence-corrected chi connectivity index (χ4v) is 2.55. The van der Waals surface area contributed by atoms with E-state index in [2.05, 4.69) is 0 Å². The molecule has 0 unspecified atom stereocenters. The molecule has 0 fully saturated rings. The zero-order valence-corrected chi connectivity index (χ0v) is 11.7. The van der Waals surface area contributed by atoms with E-state index >= 15 is 0 Å². The van der Waals surface area contributed by atoms with Crippen molar-refractivity contribution in [3.05, 3.63) is 34.9 Å². The second-order valence-electron chi connectivity index (χ2n) is 5.37. The number of carboxylic acid groups (broad SMARTS) is 1. The minimum absolute atomic E-state index is 0.189. The van der Waals surface area contributed by atoms with Gasteiger partial charge in [-0.3, -0.25) is 4.79 Å². The maximum Gasteiger partial charge on any atom is 0.391 e. The van der Waals surface area contributed by atoms with Gasteiger partial charge in [0.15, 0.2) is 0 Å². The van der Waals surface area contributed by atoms with Crippen molar-refractivity contribution >= 4 is 11.9 Å². The molecular weight excluding hydrogens is 299 g/mol. The lowest BCUT2D eigenvalue weighted by molar-refractivity contribution is -0.157. The minimum atomic E-state index is -4.66. The van der Waals surface area contributed by atoms with E-state index in [1.54, 1.807) is 12.1 Å². The largest absolute Gasteiger partial charge is 0.480 e. The first-order valence-electron chi connectivity index (χ1n) is 6.98. The maximum absolute atomic E-state index is 12.3. The fourth-order valence-electron chi connectivity index (χ4n) is 2.55. The number of nitrogens with one attached hydrogen (secondary N) is 1. The Bertz CT molecular complexity index is 584. The average molecular weight is 315 g/mol. The number of hydrogen-bond donors (Lipinski definition) is 2. The van der Waals surface area contributed by atoms with Crippen molar-refractivity contribution < 1.29 is 27.9 Å². The Labute approximate surface area is 125 Å². The van der Waals surface area contributed by atoms with Gasteiger partial charge in [0.1, 0.15) is 6.04 Å². The second-order valence-corrected chi connectivity index (χ2v) is 5.37. The van der Waals surface area contributed by atoms with Crippen LogP contribution < -0.4 is 5.32 Å². The molecule has 0 aromatic heterocycles. The van der Waals surface area contributed by atoms with Crippen LogP contribution in [0.1, 0.15) is 40.7 Å². The normalized spacial score (nSPS) is 15.8. The number of aliphatic carboxylic acids is 1. The van der Waals surface area contributed by atoms with E-state index < -0.39 is 30.5 Å². The van der Waals surface area contributed by atoms with Crippen LogP contribution in [-0.4, -0.2) is 29.2 Å². The molecule has 2 rings (SSSR count). The monoisotopic (exact) mass is 315 g/mol. The van der Waals surface area contributed by atoms with Gasteiger partial charge in [-0.1, -0.05) is 6.07 Å². The summed E-state index contributed by atoms with van der Waals surface area (Å²) in [7, 11) is 0. The highest BCUT2D eigenvalue weighted by Crippen LogP contribution is 2.24. The number of carbonyl (C=O) groups excluding carboxylic acids is 1. The Kier molecular flexibility index (Phi) is 4.73. The molecule has 22 heavy (non-hydrogen) atoms. The summed E-state index contributed by atoms with van der Waals surface area (Å²) in [5.41, 5.74) is 2.32. The van der Waals surface area contributed by atoms with Gasteiger partial charge in [-0.05, 0) is 48.9 Å². The average Bonchev–Trinajstić information content (AvgIpc) is 2.44. The van der Waals surface area contributed by atoms with Gasteiger partial charge in [0.25, 0.3) is 5.91 Å². The number of halogens is 3. The number of carboxylic acids is 1. The van der Waals surface area contributed by atoms with E-state index in [4.69, 9.17) is 5.11 Å². The zero-order valence-electron chi connectivity index (χ0n) is 11.7. The van der Waals surface area contributed by atoms with Crippen molar-refractivity contribution in [2.24, 2.45) is 0 Å². The number of alkyl halides is 3. The van der Waals surface area contributed by atoms with Crippen molar-refractivity contribution in [2.45, 2.75) is 44.3 Å². The molecule has 1 atom stereocenters. The van der Waals surface area contributed by atoms with Gasteiger partial charge >= 0.3 is 12.1 Å². The Morgan fingerprint density at radius 3 is 2.41 bits per heavy atom. The molecule has 2 N–H and O–H groups in total. The molecule has 0 saturated heterocycles. The summed E-state index contributed by atoms with van der Waals surface area (Å²) >= 11 is 0. The smallest absolute Gasteiger partial charge is 0.391 e. The van der Waals surface area contributed by atoms with Crippen LogP contribution in [0.5, 0.6) is 0 Å². The molecule has 0 bridgehead atoms. The highest BCUT2D eigenvalue weighted by Gasteiger charge is 2.36. The fraction of sp³-hybridized carbons (Fsp3) is 0.467. The Balaban J connectivity index is 2.11. The Hall–Kier alpha value is -2.05. The molecule has 0 saturated carbocycles. The van der Waals surface area contributed by atoms with Crippen LogP contribution in [0.2, 0.25) is 0 Å². The summed E-state index contributed by atoms with van der Waals surface area (Å²) in [5.74, 6) is -2.51. The summed E-state index contributed by atoms with van der Waals surface area (Å²) < 4.78 is 37.0. The van der Waals surface area contributed by atoms with Gasteiger partial charge in [0.05, 0.1) is 6.42 Å². The molecule has 1 aromatic rings. The van der Waals surface area contributed by atoms with Crippen molar-refractivity contribution in [2.75, 3.05) is 0 Å². The molecule has 7 heteroatoms. The lowest BCUT2D eigenvalue weighted by atomic mass is 9.90. The van der Waals surface area contributed by atoms with E-state index in [0.29, 0.717) is 0 Å². The van der Waals surface area contributed by atoms with Gasteiger partial charge in [-0.2, -0.15) is 13.2 Å². The van der Waals surface area contributed by atoms with Gasteiger partial charge in [0.2, 0.25) is 0 Å². The minimum Gasteiger partial charge on any atom is -0.480 e. The number of rotatable bonds is 4. The third-order valence-electron chi connectivity index (χ3n) is 3.65. The molecule has 0 radical (unpaired) electrons. The highest BCUT2D eigenvalue weighted by atomic mass is 19.4. The Morgan fingerprint density at radius 2 is 1.82 bits per heavy atom. The van der Waals surface area contributed by atoms with E-state index in [0.717, 1.165) is 36.8 Å². The molecule has 0 heterocycles. The molecule has 0 aliphatic heterocycles. The number of hydrogen-bond acceptors (Lipinski definition) is 2. The summed E-state index contributed by atoms with van der Waals surface area (Å²) in [6.45, 7) is 0. The number of amides is 1. The zero-order chi connectivity index (χ0) is 16.3. The first kappa shape index (κ1) is 16.3. The number of fused-ring (bicyclic) bond motifs is 1. The molecule has 1 aromatic carbocycles. The van der Waals surface area contributed by atoms with Crippen molar-refractivity contribution in [1.82, 2.24) is 5.32 Å². The van der Waals surface area contributed by atoms with Crippen molar-refractivity contribution in [1.29, 1.82) is 0 Å². The Morgan fingerprint density at radius 1 is 1.18 bits per heavy atom. The second kappa shape index (κ2) is 6.37. The quantitative estimate of drug-likeness (QED) is 0.898. The van der Waals surface area contributed by atoms with Gasteiger partial charge < -0.3 is 10.4 Å². The standard InChI is InChI=1S/C15H16F3NO3/c16-15(17,18)8-12(14(21)22)19-13(20)11-6-5-9-3-1-2-4-10(9)7-11/h5-7,12H,1-4,8H2,(H,19,20)(H,21,22)/t12-/m1/s1. The first-order chi connectivity index (χ1) is 10.3. The number of carbonyl (C=O) groups is 2. The summed E-state index contributed by atoms with van der Waals surface area (Å²) in [5, 5.41) is 10.7. The van der Waals surface area contributed by atoms with E-state index in [1.165, 1.54) is 6.07 Å². The molecule has 1 aliphatic rings. The molecule has 1 aliphatic carbocycles. The highest BCUT2D eigenvalue weighted by molar-refractivity contribution is 5.96. The van der Waals surface area contributed by atoms with Crippen molar-refractivity contribution in [3.63, 3.8) is 0 Å². The molecular formula is C15H16F3NO3.